The summed E-state index contributed by atoms with van der Waals surface area (Å²) in [5.74, 6) is 1.24. The van der Waals surface area contributed by atoms with Crippen molar-refractivity contribution in [3.05, 3.63) is 59.8 Å². The number of nitrogens with one attached hydrogen (secondary N) is 1. The van der Waals surface area contributed by atoms with E-state index in [-0.39, 0.29) is 23.7 Å². The minimum atomic E-state index is -0.863. The van der Waals surface area contributed by atoms with Gasteiger partial charge in [0.1, 0.15) is 12.0 Å². The number of aliphatic hydroxyl groups is 1. The molecule has 5 rings (SSSR count). The zero-order valence-corrected chi connectivity index (χ0v) is 22.0. The molecule has 2 aliphatic carbocycles. The first kappa shape index (κ1) is 25.0. The highest BCUT2D eigenvalue weighted by Crippen LogP contribution is 2.49. The van der Waals surface area contributed by atoms with E-state index in [1.807, 2.05) is 30.0 Å². The van der Waals surface area contributed by atoms with Crippen LogP contribution in [-0.2, 0) is 5.54 Å². The topological polar surface area (TPSA) is 71.9 Å². The van der Waals surface area contributed by atoms with Gasteiger partial charge in [0.2, 0.25) is 0 Å². The number of hydrogen-bond donors (Lipinski definition) is 2. The van der Waals surface area contributed by atoms with Crippen molar-refractivity contribution in [2.45, 2.75) is 69.2 Å². The number of aromatic nitrogens is 1. The van der Waals surface area contributed by atoms with E-state index in [1.54, 1.807) is 0 Å². The summed E-state index contributed by atoms with van der Waals surface area (Å²) < 4.78 is 0. The fourth-order valence-corrected chi connectivity index (χ4v) is 6.58. The Hall–Kier alpha value is -2.64. The number of β-amino-alcohol motifs (C(OH)–C–C–N with tert-alkyl or cyclic N) is 1. The van der Waals surface area contributed by atoms with Gasteiger partial charge in [0.25, 0.3) is 0 Å². The van der Waals surface area contributed by atoms with Gasteiger partial charge in [-0.1, -0.05) is 42.8 Å². The van der Waals surface area contributed by atoms with Crippen LogP contribution in [0.5, 0.6) is 0 Å². The minimum Gasteiger partial charge on any atom is -0.372 e. The van der Waals surface area contributed by atoms with Crippen LogP contribution < -0.4 is 5.32 Å². The summed E-state index contributed by atoms with van der Waals surface area (Å²) >= 11 is 0. The zero-order chi connectivity index (χ0) is 25.3. The van der Waals surface area contributed by atoms with Gasteiger partial charge in [-0.05, 0) is 83.2 Å². The van der Waals surface area contributed by atoms with Crippen LogP contribution in [0.15, 0.2) is 48.5 Å². The maximum atomic E-state index is 13.7. The summed E-state index contributed by atoms with van der Waals surface area (Å²) in [5.41, 5.74) is 2.08. The molecule has 7 heteroatoms. The number of carbonyl (C=O) groups is 1. The Labute approximate surface area is 215 Å². The van der Waals surface area contributed by atoms with Crippen LogP contribution in [-0.4, -0.2) is 76.3 Å². The first-order valence-electron chi connectivity index (χ1n) is 13.5. The third kappa shape index (κ3) is 4.71. The number of hydrogen-bond acceptors (Lipinski definition) is 5. The van der Waals surface area contributed by atoms with E-state index in [0.29, 0.717) is 18.3 Å². The number of aryl methyl sites for hydroxylation is 1. The molecule has 36 heavy (non-hydrogen) atoms. The maximum absolute atomic E-state index is 13.7. The lowest BCUT2D eigenvalue weighted by molar-refractivity contribution is 0.0156. The molecule has 2 heterocycles. The van der Waals surface area contributed by atoms with E-state index in [2.05, 4.69) is 64.5 Å². The smallest absolute Gasteiger partial charge is 0.320 e. The second-order valence-corrected chi connectivity index (χ2v) is 11.4. The molecular formula is C29H41N5O2. The number of carbonyl (C=O) groups excluding carboxylic acids is 1. The molecule has 1 unspecified atom stereocenters. The van der Waals surface area contributed by atoms with Gasteiger partial charge in [0, 0.05) is 24.3 Å². The monoisotopic (exact) mass is 491 g/mol. The molecule has 0 bridgehead atoms. The number of nitrogens with zero attached hydrogens (tertiary/aromatic N) is 4. The summed E-state index contributed by atoms with van der Waals surface area (Å²) in [6, 6.07) is 16.6. The van der Waals surface area contributed by atoms with Crippen LogP contribution in [0.25, 0.3) is 0 Å². The first-order valence-corrected chi connectivity index (χ1v) is 13.5. The quantitative estimate of drug-likeness (QED) is 0.535. The average Bonchev–Trinajstić information content (AvgIpc) is 3.07. The first-order chi connectivity index (χ1) is 17.3. The average molecular weight is 492 g/mol. The van der Waals surface area contributed by atoms with Crippen molar-refractivity contribution in [3.63, 3.8) is 0 Å². The van der Waals surface area contributed by atoms with E-state index in [4.69, 9.17) is 0 Å². The van der Waals surface area contributed by atoms with Gasteiger partial charge in [0.05, 0.1) is 12.1 Å². The maximum Gasteiger partial charge on any atom is 0.320 e. The van der Waals surface area contributed by atoms with Gasteiger partial charge in [-0.15, -0.1) is 0 Å². The fraction of sp³-hybridized carbons (Fsp3) is 0.586. The summed E-state index contributed by atoms with van der Waals surface area (Å²) in [7, 11) is 4.37. The predicted octanol–water partition coefficient (Wildman–Crippen LogP) is 4.43. The number of benzene rings is 1. The molecular weight excluding hydrogens is 450 g/mol. The van der Waals surface area contributed by atoms with Gasteiger partial charge in [0.15, 0.2) is 0 Å². The van der Waals surface area contributed by atoms with Crippen LogP contribution in [0.3, 0.4) is 0 Å². The molecule has 1 aromatic carbocycles. The highest BCUT2D eigenvalue weighted by molar-refractivity contribution is 5.78. The van der Waals surface area contributed by atoms with Crippen molar-refractivity contribution in [1.29, 1.82) is 0 Å². The molecule has 7 nitrogen and oxygen atoms in total. The third-order valence-corrected chi connectivity index (χ3v) is 9.00. The fourth-order valence-electron chi connectivity index (χ4n) is 6.58. The standard InChI is InChI=1S/C29H41N5O2/c1-22-9-7-14-25(30-22)31-26(35)20-33-21-28(34(27(33)36)19-23-10-8-11-23)15-17-29(18-16-28,32(2)3)24-12-5-4-6-13-24/h4-7,9,12-14,23,26,35H,8,10-11,15-21H2,1-3H3,(H,30,31). The normalized spacial score (nSPS) is 27.5. The number of pyridine rings is 1. The van der Waals surface area contributed by atoms with Crippen molar-refractivity contribution >= 4 is 11.8 Å². The van der Waals surface area contributed by atoms with Gasteiger partial charge >= 0.3 is 6.03 Å². The molecule has 194 valence electrons. The molecule has 3 aliphatic rings. The molecule has 2 aromatic rings. The lowest BCUT2D eigenvalue weighted by Gasteiger charge is -2.51. The third-order valence-electron chi connectivity index (χ3n) is 9.00. The molecule has 0 radical (unpaired) electrons. The van der Waals surface area contributed by atoms with Crippen molar-refractivity contribution in [3.8, 4) is 0 Å². The zero-order valence-electron chi connectivity index (χ0n) is 22.0. The molecule has 2 N–H and O–H groups in total. The molecule has 2 saturated carbocycles. The summed E-state index contributed by atoms with van der Waals surface area (Å²) in [4.78, 5) is 24.6. The van der Waals surface area contributed by atoms with E-state index in [1.165, 1.54) is 24.8 Å². The van der Waals surface area contributed by atoms with Gasteiger partial charge in [-0.3, -0.25) is 4.90 Å². The van der Waals surface area contributed by atoms with E-state index < -0.39 is 6.23 Å². The largest absolute Gasteiger partial charge is 0.372 e. The van der Waals surface area contributed by atoms with Crippen LogP contribution in [0.2, 0.25) is 0 Å². The molecule has 1 atom stereocenters. The van der Waals surface area contributed by atoms with Crippen molar-refractivity contribution in [2.75, 3.05) is 39.0 Å². The molecule has 2 amide bonds. The number of anilines is 1. The Morgan fingerprint density at radius 2 is 1.81 bits per heavy atom. The Morgan fingerprint density at radius 1 is 1.08 bits per heavy atom. The van der Waals surface area contributed by atoms with Crippen molar-refractivity contribution in [1.82, 2.24) is 19.7 Å². The van der Waals surface area contributed by atoms with Gasteiger partial charge in [-0.25, -0.2) is 9.78 Å². The van der Waals surface area contributed by atoms with E-state index in [9.17, 15) is 9.90 Å². The highest BCUT2D eigenvalue weighted by Gasteiger charge is 2.55. The molecule has 1 saturated heterocycles. The summed E-state index contributed by atoms with van der Waals surface area (Å²) in [5, 5.41) is 13.9. The molecule has 3 fully saturated rings. The minimum absolute atomic E-state index is 0.0109. The number of aliphatic hydroxyl groups excluding tert-OH is 1. The molecule has 1 aliphatic heterocycles. The van der Waals surface area contributed by atoms with Crippen molar-refractivity contribution < 1.29 is 9.90 Å². The summed E-state index contributed by atoms with van der Waals surface area (Å²) in [6.45, 7) is 3.71. The van der Waals surface area contributed by atoms with Crippen LogP contribution >= 0.6 is 0 Å². The Balaban J connectivity index is 1.33. The number of rotatable bonds is 8. The van der Waals surface area contributed by atoms with E-state index >= 15 is 0 Å². The Morgan fingerprint density at radius 3 is 2.42 bits per heavy atom. The molecule has 1 aromatic heterocycles. The van der Waals surface area contributed by atoms with Crippen LogP contribution in [0.1, 0.15) is 56.2 Å². The lowest BCUT2D eigenvalue weighted by Crippen LogP contribution is -2.56. The lowest BCUT2D eigenvalue weighted by atomic mass is 9.68. The number of urea groups is 1. The van der Waals surface area contributed by atoms with Gasteiger partial charge in [-0.2, -0.15) is 0 Å². The highest BCUT2D eigenvalue weighted by atomic mass is 16.3. The summed E-state index contributed by atoms with van der Waals surface area (Å²) in [6.07, 6.45) is 6.81. The molecule has 1 spiro atoms. The van der Waals surface area contributed by atoms with E-state index in [0.717, 1.165) is 37.9 Å². The predicted molar refractivity (Wildman–Crippen MR) is 143 cm³/mol. The Bertz CT molecular complexity index is 1050. The van der Waals surface area contributed by atoms with Crippen LogP contribution in [0.4, 0.5) is 10.6 Å². The second kappa shape index (κ2) is 10.0. The SMILES string of the molecule is Cc1cccc(NC(O)CN2CC3(CCC(c4ccccc4)(N(C)C)CC3)N(CC3CCC3)C2=O)n1. The number of amides is 2. The Kier molecular flexibility index (Phi) is 6.97. The second-order valence-electron chi connectivity index (χ2n) is 11.4. The van der Waals surface area contributed by atoms with Gasteiger partial charge < -0.3 is 20.2 Å². The van der Waals surface area contributed by atoms with Crippen molar-refractivity contribution in [2.24, 2.45) is 5.92 Å². The van der Waals surface area contributed by atoms with Crippen LogP contribution in [0, 0.1) is 12.8 Å².